The van der Waals surface area contributed by atoms with Crippen molar-refractivity contribution in [3.05, 3.63) is 48.3 Å². The number of benzene rings is 1. The molecule has 0 aromatic heterocycles. The predicted molar refractivity (Wildman–Crippen MR) is 108 cm³/mol. The summed E-state index contributed by atoms with van der Waals surface area (Å²) in [4.78, 5) is 5.24. The molecule has 0 aliphatic carbocycles. The van der Waals surface area contributed by atoms with Crippen molar-refractivity contribution in [1.29, 1.82) is 0 Å². The van der Waals surface area contributed by atoms with Gasteiger partial charge in [0, 0.05) is 26.2 Å². The lowest BCUT2D eigenvalue weighted by atomic mass is 9.74. The molecule has 0 bridgehead atoms. The van der Waals surface area contributed by atoms with E-state index in [1.54, 1.807) is 12.1 Å². The molecule has 2 atom stereocenters. The van der Waals surface area contributed by atoms with Crippen LogP contribution in [0.5, 0.6) is 0 Å². The lowest BCUT2D eigenvalue weighted by molar-refractivity contribution is 0.130. The number of hydrogen-bond acceptors (Lipinski definition) is 2. The van der Waals surface area contributed by atoms with Gasteiger partial charge in [0.2, 0.25) is 0 Å². The number of piperidine rings is 1. The molecule has 0 radical (unpaired) electrons. The molecule has 0 spiro atoms. The summed E-state index contributed by atoms with van der Waals surface area (Å²) >= 11 is 0. The van der Waals surface area contributed by atoms with Crippen LogP contribution in [0.3, 0.4) is 0 Å². The smallest absolute Gasteiger partial charge is 0.123 e. The molecule has 3 heteroatoms. The van der Waals surface area contributed by atoms with Crippen molar-refractivity contribution in [2.75, 3.05) is 39.3 Å². The predicted octanol–water partition coefficient (Wildman–Crippen LogP) is 4.79. The van der Waals surface area contributed by atoms with Crippen LogP contribution in [0.15, 0.2) is 36.9 Å². The van der Waals surface area contributed by atoms with Crippen LogP contribution in [0.1, 0.15) is 45.1 Å². The molecule has 2 nitrogen and oxygen atoms in total. The quantitative estimate of drug-likeness (QED) is 0.699. The highest BCUT2D eigenvalue weighted by Gasteiger charge is 2.40. The Hall–Kier alpha value is -1.19. The number of rotatable bonds is 5. The molecule has 2 aliphatic rings. The normalized spacial score (nSPS) is 26.3. The Kier molecular flexibility index (Phi) is 6.19. The summed E-state index contributed by atoms with van der Waals surface area (Å²) in [6, 6.07) is 7.13. The van der Waals surface area contributed by atoms with Crippen LogP contribution in [0.4, 0.5) is 4.39 Å². The zero-order chi connectivity index (χ0) is 18.7. The standard InChI is InChI=1S/C23H35FN2/c1-5-12-26-16-20(22(17-26)23(2,3)4)15-25-13-10-19(11-14-25)18-6-8-21(24)9-7-18/h5-9,19-20,22H,1,10-17H2,2-4H3/t20?,22-/m1/s1. The average Bonchev–Trinajstić information content (AvgIpc) is 3.00. The van der Waals surface area contributed by atoms with E-state index in [1.165, 1.54) is 38.0 Å². The molecular weight excluding hydrogens is 323 g/mol. The SMILES string of the molecule is C=CCN1CC(CN2CCC(c3ccc(F)cc3)CC2)[C@H](C(C)(C)C)C1. The van der Waals surface area contributed by atoms with E-state index < -0.39 is 0 Å². The van der Waals surface area contributed by atoms with Gasteiger partial charge in [-0.25, -0.2) is 4.39 Å². The largest absolute Gasteiger partial charge is 0.303 e. The van der Waals surface area contributed by atoms with Crippen molar-refractivity contribution in [3.63, 3.8) is 0 Å². The number of nitrogens with zero attached hydrogens (tertiary/aromatic N) is 2. The molecule has 1 aromatic rings. The Balaban J connectivity index is 1.55. The third-order valence-corrected chi connectivity index (χ3v) is 6.44. The number of likely N-dealkylation sites (tertiary alicyclic amines) is 2. The first-order valence-corrected chi connectivity index (χ1v) is 10.2. The minimum Gasteiger partial charge on any atom is -0.303 e. The molecule has 2 aliphatic heterocycles. The summed E-state index contributed by atoms with van der Waals surface area (Å²) in [5.41, 5.74) is 1.66. The summed E-state index contributed by atoms with van der Waals surface area (Å²) < 4.78 is 13.1. The molecular formula is C23H35FN2. The Morgan fingerprint density at radius 3 is 2.31 bits per heavy atom. The minimum absolute atomic E-state index is 0.135. The first-order chi connectivity index (χ1) is 12.4. The van der Waals surface area contributed by atoms with Crippen LogP contribution in [0, 0.1) is 23.1 Å². The van der Waals surface area contributed by atoms with Gasteiger partial charge in [-0.1, -0.05) is 39.0 Å². The lowest BCUT2D eigenvalue weighted by Gasteiger charge is -2.37. The summed E-state index contributed by atoms with van der Waals surface area (Å²) in [5.74, 6) is 1.95. The van der Waals surface area contributed by atoms with Crippen molar-refractivity contribution < 1.29 is 4.39 Å². The molecule has 0 amide bonds. The number of hydrogen-bond donors (Lipinski definition) is 0. The van der Waals surface area contributed by atoms with E-state index >= 15 is 0 Å². The lowest BCUT2D eigenvalue weighted by Crippen LogP contribution is -2.40. The van der Waals surface area contributed by atoms with Gasteiger partial charge in [-0.15, -0.1) is 6.58 Å². The van der Waals surface area contributed by atoms with Crippen LogP contribution < -0.4 is 0 Å². The van der Waals surface area contributed by atoms with Crippen LogP contribution in [0.25, 0.3) is 0 Å². The monoisotopic (exact) mass is 358 g/mol. The highest BCUT2D eigenvalue weighted by atomic mass is 19.1. The topological polar surface area (TPSA) is 6.48 Å². The van der Waals surface area contributed by atoms with E-state index in [4.69, 9.17) is 0 Å². The maximum absolute atomic E-state index is 13.1. The van der Waals surface area contributed by atoms with Crippen LogP contribution >= 0.6 is 0 Å². The van der Waals surface area contributed by atoms with Gasteiger partial charge in [0.1, 0.15) is 5.82 Å². The number of halogens is 1. The van der Waals surface area contributed by atoms with Crippen molar-refractivity contribution in [1.82, 2.24) is 9.80 Å². The zero-order valence-corrected chi connectivity index (χ0v) is 16.8. The van der Waals surface area contributed by atoms with Gasteiger partial charge >= 0.3 is 0 Å². The highest BCUT2D eigenvalue weighted by molar-refractivity contribution is 5.21. The third kappa shape index (κ3) is 4.75. The van der Waals surface area contributed by atoms with E-state index in [1.807, 2.05) is 18.2 Å². The first-order valence-electron chi connectivity index (χ1n) is 10.2. The maximum Gasteiger partial charge on any atom is 0.123 e. The molecule has 144 valence electrons. The molecule has 26 heavy (non-hydrogen) atoms. The maximum atomic E-state index is 13.1. The fourth-order valence-electron chi connectivity index (χ4n) is 4.97. The summed E-state index contributed by atoms with van der Waals surface area (Å²) in [5, 5.41) is 0. The molecule has 2 saturated heterocycles. The zero-order valence-electron chi connectivity index (χ0n) is 16.8. The van der Waals surface area contributed by atoms with Crippen molar-refractivity contribution in [3.8, 4) is 0 Å². The highest BCUT2D eigenvalue weighted by Crippen LogP contribution is 2.39. The van der Waals surface area contributed by atoms with Gasteiger partial charge < -0.3 is 4.90 Å². The van der Waals surface area contributed by atoms with Gasteiger partial charge in [0.15, 0.2) is 0 Å². The van der Waals surface area contributed by atoms with Gasteiger partial charge in [-0.05, 0) is 66.8 Å². The summed E-state index contributed by atoms with van der Waals surface area (Å²) in [7, 11) is 0. The van der Waals surface area contributed by atoms with E-state index in [0.29, 0.717) is 11.3 Å². The third-order valence-electron chi connectivity index (χ3n) is 6.44. The Bertz CT molecular complexity index is 581. The van der Waals surface area contributed by atoms with Gasteiger partial charge in [-0.3, -0.25) is 4.90 Å². The second-order valence-corrected chi connectivity index (χ2v) is 9.37. The van der Waals surface area contributed by atoms with Gasteiger partial charge in [0.05, 0.1) is 0 Å². The van der Waals surface area contributed by atoms with Crippen molar-refractivity contribution in [2.24, 2.45) is 17.3 Å². The molecule has 1 unspecified atom stereocenters. The molecule has 0 saturated carbocycles. The van der Waals surface area contributed by atoms with E-state index in [-0.39, 0.29) is 5.82 Å². The first kappa shape index (κ1) is 19.6. The van der Waals surface area contributed by atoms with Crippen LogP contribution in [-0.2, 0) is 0 Å². The molecule has 0 N–H and O–H groups in total. The van der Waals surface area contributed by atoms with Crippen molar-refractivity contribution >= 4 is 0 Å². The van der Waals surface area contributed by atoms with E-state index in [2.05, 4.69) is 37.1 Å². The van der Waals surface area contributed by atoms with E-state index in [0.717, 1.165) is 31.5 Å². The summed E-state index contributed by atoms with van der Waals surface area (Å²) in [6.07, 6.45) is 4.42. The Labute approximate surface area is 159 Å². The van der Waals surface area contributed by atoms with E-state index in [9.17, 15) is 4.39 Å². The fraction of sp³-hybridized carbons (Fsp3) is 0.652. The van der Waals surface area contributed by atoms with Crippen LogP contribution in [-0.4, -0.2) is 49.1 Å². The minimum atomic E-state index is -0.135. The van der Waals surface area contributed by atoms with Gasteiger partial charge in [-0.2, -0.15) is 0 Å². The molecule has 3 rings (SSSR count). The second kappa shape index (κ2) is 8.22. The molecule has 1 aromatic carbocycles. The molecule has 2 fully saturated rings. The fourth-order valence-corrected chi connectivity index (χ4v) is 4.97. The average molecular weight is 359 g/mol. The van der Waals surface area contributed by atoms with Crippen LogP contribution in [0.2, 0.25) is 0 Å². The molecule has 2 heterocycles. The van der Waals surface area contributed by atoms with Gasteiger partial charge in [0.25, 0.3) is 0 Å². The van der Waals surface area contributed by atoms with Crippen molar-refractivity contribution in [2.45, 2.75) is 39.5 Å². The second-order valence-electron chi connectivity index (χ2n) is 9.37. The Morgan fingerprint density at radius 2 is 1.73 bits per heavy atom. The summed E-state index contributed by atoms with van der Waals surface area (Å²) in [6.45, 7) is 18.0. The Morgan fingerprint density at radius 1 is 1.08 bits per heavy atom.